The van der Waals surface area contributed by atoms with Crippen LogP contribution < -0.4 is 5.32 Å². The quantitative estimate of drug-likeness (QED) is 0.523. The average molecular weight is 300 g/mol. The van der Waals surface area contributed by atoms with Crippen LogP contribution in [0, 0.1) is 10.1 Å². The fourth-order valence-electron chi connectivity index (χ4n) is 1.49. The van der Waals surface area contributed by atoms with Crippen LogP contribution in [0.5, 0.6) is 0 Å². The van der Waals surface area contributed by atoms with Crippen LogP contribution in [-0.4, -0.2) is 51.4 Å². The molecule has 0 aliphatic rings. The van der Waals surface area contributed by atoms with Crippen molar-refractivity contribution < 1.29 is 24.4 Å². The van der Waals surface area contributed by atoms with Gasteiger partial charge in [0.25, 0.3) is 0 Å². The molecule has 10 nitrogen and oxygen atoms in total. The molecule has 0 saturated carbocycles. The van der Waals surface area contributed by atoms with Crippen LogP contribution in [0.2, 0.25) is 0 Å². The van der Waals surface area contributed by atoms with E-state index in [1.807, 2.05) is 0 Å². The molecule has 0 aliphatic carbocycles. The number of aromatic nitrogens is 2. The summed E-state index contributed by atoms with van der Waals surface area (Å²) in [4.78, 5) is 32.9. The highest BCUT2D eigenvalue weighted by molar-refractivity contribution is 5.84. The van der Waals surface area contributed by atoms with E-state index in [9.17, 15) is 19.7 Å². The second kappa shape index (κ2) is 6.31. The van der Waals surface area contributed by atoms with Crippen molar-refractivity contribution in [3.63, 3.8) is 0 Å². The molecule has 116 valence electrons. The minimum absolute atomic E-state index is 0.225. The van der Waals surface area contributed by atoms with E-state index in [0.29, 0.717) is 0 Å². The molecule has 0 radical (unpaired) electrons. The normalized spacial score (nSPS) is 12.7. The second-order valence-electron chi connectivity index (χ2n) is 4.73. The van der Waals surface area contributed by atoms with Gasteiger partial charge in [-0.2, -0.15) is 5.10 Å². The van der Waals surface area contributed by atoms with Gasteiger partial charge < -0.3 is 15.2 Å². The second-order valence-corrected chi connectivity index (χ2v) is 4.73. The number of aliphatic carboxylic acids is 1. The molecule has 1 amide bonds. The number of nitrogens with one attached hydrogen (secondary N) is 1. The summed E-state index contributed by atoms with van der Waals surface area (Å²) < 4.78 is 5.83. The molecule has 1 aromatic heterocycles. The largest absolute Gasteiger partial charge is 0.479 e. The van der Waals surface area contributed by atoms with Gasteiger partial charge in [-0.25, -0.2) is 4.79 Å². The van der Waals surface area contributed by atoms with Crippen LogP contribution in [0.25, 0.3) is 0 Å². The highest BCUT2D eigenvalue weighted by Crippen LogP contribution is 2.18. The minimum Gasteiger partial charge on any atom is -0.479 e. The van der Waals surface area contributed by atoms with Crippen molar-refractivity contribution in [2.75, 3.05) is 13.7 Å². The summed E-state index contributed by atoms with van der Waals surface area (Å²) in [7, 11) is 1.22. The van der Waals surface area contributed by atoms with E-state index in [1.165, 1.54) is 21.0 Å². The monoisotopic (exact) mass is 300 g/mol. The zero-order valence-electron chi connectivity index (χ0n) is 11.8. The van der Waals surface area contributed by atoms with Crippen molar-refractivity contribution in [3.05, 3.63) is 22.5 Å². The highest BCUT2D eigenvalue weighted by atomic mass is 16.6. The number of carbonyl (C=O) groups excluding carboxylic acids is 1. The third-order valence-electron chi connectivity index (χ3n) is 2.92. The predicted octanol–water partition coefficient (Wildman–Crippen LogP) is -0.258. The standard InChI is InChI=1S/C11H16N4O6/c1-11(2,14-6-7(4-13-14)15(19)20)10(18)12-5-8(21-3)9(16)17/h4,6,8H,5H2,1-3H3,(H,12,18)(H,16,17). The Morgan fingerprint density at radius 3 is 2.67 bits per heavy atom. The summed E-state index contributed by atoms with van der Waals surface area (Å²) >= 11 is 0. The maximum atomic E-state index is 12.1. The fourth-order valence-corrected chi connectivity index (χ4v) is 1.49. The van der Waals surface area contributed by atoms with Gasteiger partial charge in [0.05, 0.1) is 11.5 Å². The number of methoxy groups -OCH3 is 1. The molecule has 0 aromatic carbocycles. The fraction of sp³-hybridized carbons (Fsp3) is 0.545. The maximum absolute atomic E-state index is 12.1. The van der Waals surface area contributed by atoms with Gasteiger partial charge in [0.1, 0.15) is 17.9 Å². The molecule has 21 heavy (non-hydrogen) atoms. The molecular weight excluding hydrogens is 284 g/mol. The van der Waals surface area contributed by atoms with E-state index in [2.05, 4.69) is 10.4 Å². The van der Waals surface area contributed by atoms with Crippen LogP contribution in [0.4, 0.5) is 5.69 Å². The molecule has 1 rings (SSSR count). The van der Waals surface area contributed by atoms with Gasteiger partial charge >= 0.3 is 11.7 Å². The molecule has 0 spiro atoms. The number of ether oxygens (including phenoxy) is 1. The number of rotatable bonds is 7. The number of amides is 1. The summed E-state index contributed by atoms with van der Waals surface area (Å²) in [6.07, 6.45) is 0.992. The summed E-state index contributed by atoms with van der Waals surface area (Å²) in [5.74, 6) is -1.74. The summed E-state index contributed by atoms with van der Waals surface area (Å²) in [5, 5.41) is 25.6. The van der Waals surface area contributed by atoms with Crippen molar-refractivity contribution in [2.24, 2.45) is 0 Å². The lowest BCUT2D eigenvalue weighted by atomic mass is 10.1. The Kier molecular flexibility index (Phi) is 4.97. The van der Waals surface area contributed by atoms with E-state index in [0.717, 1.165) is 17.1 Å². The summed E-state index contributed by atoms with van der Waals surface area (Å²) in [6.45, 7) is 2.78. The Hall–Kier alpha value is -2.49. The Balaban J connectivity index is 2.78. The minimum atomic E-state index is -1.22. The van der Waals surface area contributed by atoms with Gasteiger partial charge in [0.15, 0.2) is 6.10 Å². The van der Waals surface area contributed by atoms with Crippen LogP contribution >= 0.6 is 0 Å². The number of nitro groups is 1. The molecule has 2 N–H and O–H groups in total. The van der Waals surface area contributed by atoms with Gasteiger partial charge in [-0.05, 0) is 13.8 Å². The maximum Gasteiger partial charge on any atom is 0.334 e. The third kappa shape index (κ3) is 3.75. The van der Waals surface area contributed by atoms with Crippen molar-refractivity contribution in [1.29, 1.82) is 0 Å². The van der Waals surface area contributed by atoms with Gasteiger partial charge in [0, 0.05) is 7.11 Å². The lowest BCUT2D eigenvalue weighted by Crippen LogP contribution is -2.48. The average Bonchev–Trinajstić information content (AvgIpc) is 2.89. The number of hydrogen-bond acceptors (Lipinski definition) is 6. The van der Waals surface area contributed by atoms with E-state index in [1.54, 1.807) is 0 Å². The molecule has 0 bridgehead atoms. The summed E-state index contributed by atoms with van der Waals surface area (Å²) in [6, 6.07) is 0. The van der Waals surface area contributed by atoms with Crippen LogP contribution in [-0.2, 0) is 19.9 Å². The molecule has 0 fully saturated rings. The van der Waals surface area contributed by atoms with Crippen molar-refractivity contribution >= 4 is 17.6 Å². The van der Waals surface area contributed by atoms with E-state index in [4.69, 9.17) is 9.84 Å². The third-order valence-corrected chi connectivity index (χ3v) is 2.92. The number of hydrogen-bond donors (Lipinski definition) is 2. The first-order chi connectivity index (χ1) is 9.70. The Morgan fingerprint density at radius 1 is 1.62 bits per heavy atom. The first-order valence-corrected chi connectivity index (χ1v) is 5.93. The first-order valence-electron chi connectivity index (χ1n) is 5.93. The molecular formula is C11H16N4O6. The Bertz CT molecular complexity index is 553. The first kappa shape index (κ1) is 16.6. The summed E-state index contributed by atoms with van der Waals surface area (Å²) in [5.41, 5.74) is -1.46. The molecule has 0 aliphatic heterocycles. The number of carboxylic acids is 1. The van der Waals surface area contributed by atoms with Crippen LogP contribution in [0.3, 0.4) is 0 Å². The van der Waals surface area contributed by atoms with Crippen LogP contribution in [0.15, 0.2) is 12.4 Å². The number of nitrogens with zero attached hydrogens (tertiary/aromatic N) is 3. The molecule has 1 heterocycles. The van der Waals surface area contributed by atoms with E-state index in [-0.39, 0.29) is 12.2 Å². The smallest absolute Gasteiger partial charge is 0.334 e. The zero-order valence-corrected chi connectivity index (χ0v) is 11.8. The topological polar surface area (TPSA) is 137 Å². The van der Waals surface area contributed by atoms with Gasteiger partial charge in [-0.15, -0.1) is 0 Å². The molecule has 10 heteroatoms. The van der Waals surface area contributed by atoms with E-state index < -0.39 is 28.4 Å². The zero-order chi connectivity index (χ0) is 16.2. The predicted molar refractivity (Wildman–Crippen MR) is 69.6 cm³/mol. The van der Waals surface area contributed by atoms with Gasteiger partial charge in [-0.1, -0.05) is 0 Å². The van der Waals surface area contributed by atoms with E-state index >= 15 is 0 Å². The Morgan fingerprint density at radius 2 is 2.24 bits per heavy atom. The number of carboxylic acid groups (broad SMARTS) is 1. The molecule has 1 atom stereocenters. The lowest BCUT2D eigenvalue weighted by Gasteiger charge is -2.24. The molecule has 1 aromatic rings. The van der Waals surface area contributed by atoms with Crippen molar-refractivity contribution in [3.8, 4) is 0 Å². The van der Waals surface area contributed by atoms with Crippen LogP contribution in [0.1, 0.15) is 13.8 Å². The molecule has 0 saturated heterocycles. The van der Waals surface area contributed by atoms with Crippen molar-refractivity contribution in [2.45, 2.75) is 25.5 Å². The lowest BCUT2D eigenvalue weighted by molar-refractivity contribution is -0.385. The SMILES string of the molecule is COC(CNC(=O)C(C)(C)n1cc([N+](=O)[O-])cn1)C(=O)O. The highest BCUT2D eigenvalue weighted by Gasteiger charge is 2.32. The van der Waals surface area contributed by atoms with Gasteiger partial charge in [-0.3, -0.25) is 19.6 Å². The van der Waals surface area contributed by atoms with Gasteiger partial charge in [0.2, 0.25) is 5.91 Å². The molecule has 1 unspecified atom stereocenters. The Labute approximate surface area is 119 Å². The van der Waals surface area contributed by atoms with Crippen molar-refractivity contribution in [1.82, 2.24) is 15.1 Å². The number of carbonyl (C=O) groups is 2.